The van der Waals surface area contributed by atoms with Crippen molar-refractivity contribution in [3.8, 4) is 0 Å². The molecule has 2 N–H and O–H groups in total. The Morgan fingerprint density at radius 2 is 0.714 bits per heavy atom. The Morgan fingerprint density at radius 1 is 0.714 bits per heavy atom. The van der Waals surface area contributed by atoms with Crippen LogP contribution in [0.4, 0.5) is 0 Å². The van der Waals surface area contributed by atoms with Gasteiger partial charge in [-0.05, 0) is 0 Å². The van der Waals surface area contributed by atoms with Gasteiger partial charge in [-0.1, -0.05) is 0 Å². The monoisotopic (exact) mass is 229 g/mol. The van der Waals surface area contributed by atoms with Crippen LogP contribution in [0.1, 0.15) is 1.43 Å². The summed E-state index contributed by atoms with van der Waals surface area (Å²) in [5.41, 5.74) is 0. The molecule has 7 heavy (non-hydrogen) atoms. The van der Waals surface area contributed by atoms with Gasteiger partial charge in [0.05, 0.1) is 0 Å². The van der Waals surface area contributed by atoms with Crippen molar-refractivity contribution in [3.05, 3.63) is 0 Å². The van der Waals surface area contributed by atoms with Crippen molar-refractivity contribution in [2.24, 2.45) is 0 Å². The van der Waals surface area contributed by atoms with E-state index < -0.39 is 0 Å². The lowest BCUT2D eigenvalue weighted by atomic mass is 16.0. The topological polar surface area (TPSA) is 31.5 Å². The van der Waals surface area contributed by atoms with Gasteiger partial charge in [-0.25, -0.2) is 0 Å². The Morgan fingerprint density at radius 3 is 0.714 bits per heavy atom. The van der Waals surface area contributed by atoms with Crippen molar-refractivity contribution >= 4 is 43.4 Å². The minimum absolute atomic E-state index is 0. The summed E-state index contributed by atoms with van der Waals surface area (Å²) in [5.74, 6) is 0. The highest BCUT2D eigenvalue weighted by molar-refractivity contribution is 6.86. The van der Waals surface area contributed by atoms with E-state index in [0.717, 1.165) is 0 Å². The standard InChI is InChI=1S/2Cl2.2ClH.H2O/c2*1-2;;;/h;;2*1H;1H2/p-1. The normalized spacial score (nSPS) is 1.71. The first-order chi connectivity index (χ1) is 2.00. The molecule has 0 amide bonds. The lowest BCUT2D eigenvalue weighted by molar-refractivity contribution is -0.001000. The minimum Gasteiger partial charge on any atom is -1.00 e. The van der Waals surface area contributed by atoms with Crippen LogP contribution in [0.2, 0.25) is 0 Å². The van der Waals surface area contributed by atoms with E-state index in [9.17, 15) is 0 Å². The number of hydrogen-bond donors (Lipinski definition) is 0. The molecule has 1 nitrogen and oxygen atoms in total. The van der Waals surface area contributed by atoms with E-state index in [4.69, 9.17) is 0 Å². The highest BCUT2D eigenvalue weighted by Gasteiger charge is 1.00. The zero-order chi connectivity index (χ0) is 4.00. The highest BCUT2D eigenvalue weighted by Crippen LogP contribution is 1.69. The number of halogens is 6. The average molecular weight is 232 g/mol. The van der Waals surface area contributed by atoms with Crippen LogP contribution >= 0.6 is 43.4 Å². The van der Waals surface area contributed by atoms with Gasteiger partial charge in [0.25, 0.3) is 0 Å². The van der Waals surface area contributed by atoms with Crippen molar-refractivity contribution in [1.29, 1.82) is 0 Å². The van der Waals surface area contributed by atoms with Gasteiger partial charge in [-0.3, -0.25) is 0 Å². The van der Waals surface area contributed by atoms with Gasteiger partial charge in [0.15, 0.2) is 0 Å². The molecular weight excluding hydrogens is 229 g/mol. The molecule has 0 aliphatic heterocycles. The smallest absolute Gasteiger partial charge is 1.00 e. The maximum Gasteiger partial charge on any atom is 1.00 e. The van der Waals surface area contributed by atoms with Crippen LogP contribution in [0.15, 0.2) is 0 Å². The van der Waals surface area contributed by atoms with Gasteiger partial charge >= 0.3 is 1.43 Å². The lowest BCUT2D eigenvalue weighted by Gasteiger charge is -1.00. The Balaban J connectivity index is -0.00000000167. The molecule has 0 fully saturated rings. The zero-order valence-electron chi connectivity index (χ0n) is 3.77. The third kappa shape index (κ3) is 86.6. The zero-order valence-corrected chi connectivity index (χ0v) is 7.30. The van der Waals surface area contributed by atoms with Crippen molar-refractivity contribution < 1.29 is 31.7 Å². The Bertz CT molecular complexity index is 8.49. The molecule has 0 rings (SSSR count). The lowest BCUT2D eigenvalue weighted by Crippen LogP contribution is -3.00. The van der Waals surface area contributed by atoms with Crippen LogP contribution in [0.3, 0.4) is 0 Å². The van der Waals surface area contributed by atoms with Crippen molar-refractivity contribution in [2.75, 3.05) is 0 Å². The molecule has 0 spiro atoms. The minimum atomic E-state index is 0. The number of rotatable bonds is 0. The molecule has 0 saturated carbocycles. The molecule has 0 saturated heterocycles. The van der Waals surface area contributed by atoms with Gasteiger partial charge in [0.2, 0.25) is 0 Å². The SMILES string of the molecule is ClCl.ClCl.O.[Cl-].[Cl-].[H+]. The van der Waals surface area contributed by atoms with E-state index in [-0.39, 0.29) is 31.7 Å². The summed E-state index contributed by atoms with van der Waals surface area (Å²) in [6.07, 6.45) is 0. The van der Waals surface area contributed by atoms with Gasteiger partial charge < -0.3 is 30.3 Å². The van der Waals surface area contributed by atoms with Crippen molar-refractivity contribution in [2.45, 2.75) is 0 Å². The molecule has 0 aromatic heterocycles. The second-order valence-electron chi connectivity index (χ2n) is 0. The molecule has 52 valence electrons. The molecule has 7 heteroatoms. The fraction of sp³-hybridized carbons (Fsp3) is 0. The summed E-state index contributed by atoms with van der Waals surface area (Å²) in [4.78, 5) is 0. The van der Waals surface area contributed by atoms with E-state index in [0.29, 0.717) is 0 Å². The summed E-state index contributed by atoms with van der Waals surface area (Å²) in [5, 5.41) is 0. The van der Waals surface area contributed by atoms with Crippen LogP contribution in [0.5, 0.6) is 0 Å². The first-order valence-electron chi connectivity index (χ1n) is 0.286. The van der Waals surface area contributed by atoms with Crippen molar-refractivity contribution in [1.82, 2.24) is 0 Å². The third-order valence-corrected chi connectivity index (χ3v) is 0. The van der Waals surface area contributed by atoms with Crippen LogP contribution in [0.25, 0.3) is 0 Å². The highest BCUT2D eigenvalue weighted by atomic mass is 36.5. The van der Waals surface area contributed by atoms with Gasteiger partial charge in [0, 0.05) is 43.4 Å². The van der Waals surface area contributed by atoms with E-state index in [1.807, 2.05) is 0 Å². The molecule has 0 bridgehead atoms. The van der Waals surface area contributed by atoms with E-state index in [1.54, 1.807) is 0 Å². The summed E-state index contributed by atoms with van der Waals surface area (Å²) < 4.78 is 0. The maximum absolute atomic E-state index is 4.11. The Kier molecular flexibility index (Phi) is 644. The maximum atomic E-state index is 4.11. The summed E-state index contributed by atoms with van der Waals surface area (Å²) >= 11 is 0. The Labute approximate surface area is 75.0 Å². The molecule has 0 aliphatic carbocycles. The largest absolute Gasteiger partial charge is 1.00 e. The first-order valence-corrected chi connectivity index (χ1v) is 2.57. The summed E-state index contributed by atoms with van der Waals surface area (Å²) in [7, 11) is 16.4. The van der Waals surface area contributed by atoms with Crippen molar-refractivity contribution in [3.63, 3.8) is 0 Å². The van der Waals surface area contributed by atoms with E-state index in [2.05, 4.69) is 43.4 Å². The average Bonchev–Trinajstić information content (AvgIpc) is 1.50. The summed E-state index contributed by atoms with van der Waals surface area (Å²) in [6.45, 7) is 0. The van der Waals surface area contributed by atoms with E-state index >= 15 is 0 Å². The molecule has 0 aromatic rings. The molecule has 0 aliphatic rings. The molecule has 0 atom stereocenters. The van der Waals surface area contributed by atoms with Crippen LogP contribution in [0, 0.1) is 0 Å². The molecule has 0 heterocycles. The fourth-order valence-electron chi connectivity index (χ4n) is 0. The van der Waals surface area contributed by atoms with Gasteiger partial charge in [-0.15, -0.1) is 0 Å². The molecule has 0 unspecified atom stereocenters. The predicted molar refractivity (Wildman–Crippen MR) is 28.1 cm³/mol. The second kappa shape index (κ2) is 120. The molecule has 0 radical (unpaired) electrons. The fourth-order valence-corrected chi connectivity index (χ4v) is 0. The predicted octanol–water partition coefficient (Wildman–Crippen LogP) is -3.95. The first kappa shape index (κ1) is 37.7. The number of hydrogen-bond acceptors (Lipinski definition) is 0. The summed E-state index contributed by atoms with van der Waals surface area (Å²) in [6, 6.07) is 0. The van der Waals surface area contributed by atoms with Crippen LogP contribution < -0.4 is 24.8 Å². The third-order valence-electron chi connectivity index (χ3n) is 0. The quantitative estimate of drug-likeness (QED) is 0.408. The molecular formula is H3Cl6O-. The van der Waals surface area contributed by atoms with Gasteiger partial charge in [-0.2, -0.15) is 0 Å². The van der Waals surface area contributed by atoms with E-state index in [1.165, 1.54) is 0 Å². The second-order valence-corrected chi connectivity index (χ2v) is 0. The van der Waals surface area contributed by atoms with Crippen LogP contribution in [-0.4, -0.2) is 5.48 Å². The van der Waals surface area contributed by atoms with Gasteiger partial charge in [0.1, 0.15) is 0 Å². The Hall–Kier alpha value is 1.70. The van der Waals surface area contributed by atoms with Crippen LogP contribution in [-0.2, 0) is 0 Å². The molecule has 0 aromatic carbocycles.